The fraction of sp³-hybridized carbons (Fsp3) is 0.533. The molecule has 2 aliphatic heterocycles. The minimum Gasteiger partial charge on any atom is -0.513 e. The lowest BCUT2D eigenvalue weighted by molar-refractivity contribution is -0.154. The highest BCUT2D eigenvalue weighted by Crippen LogP contribution is 2.31. The second-order valence-corrected chi connectivity index (χ2v) is 5.34. The Labute approximate surface area is 137 Å². The van der Waals surface area contributed by atoms with Crippen LogP contribution >= 0.6 is 0 Å². The Morgan fingerprint density at radius 2 is 1.58 bits per heavy atom. The lowest BCUT2D eigenvalue weighted by Crippen LogP contribution is -2.35. The van der Waals surface area contributed by atoms with Crippen LogP contribution in [-0.4, -0.2) is 65.8 Å². The molecule has 9 nitrogen and oxygen atoms in total. The predicted molar refractivity (Wildman–Crippen MR) is 77.0 cm³/mol. The molecule has 2 heterocycles. The van der Waals surface area contributed by atoms with E-state index in [1.807, 2.05) is 0 Å². The van der Waals surface area contributed by atoms with Gasteiger partial charge >= 0.3 is 17.9 Å². The quantitative estimate of drug-likeness (QED) is 0.376. The summed E-state index contributed by atoms with van der Waals surface area (Å²) in [5, 5.41) is 17.4. The summed E-state index contributed by atoms with van der Waals surface area (Å²) >= 11 is 0. The van der Waals surface area contributed by atoms with Crippen LogP contribution in [0.5, 0.6) is 0 Å². The lowest BCUT2D eigenvalue weighted by atomic mass is 10.1. The highest BCUT2D eigenvalue weighted by atomic mass is 16.7. The molecule has 0 unspecified atom stereocenters. The molecular formula is C15H18O9. The van der Waals surface area contributed by atoms with E-state index in [1.54, 1.807) is 0 Å². The monoisotopic (exact) mass is 342 g/mol. The summed E-state index contributed by atoms with van der Waals surface area (Å²) < 4.78 is 21.3. The van der Waals surface area contributed by atoms with E-state index in [0.29, 0.717) is 6.08 Å². The number of carbonyl (C=O) groups is 3. The molecule has 2 N–H and O–H groups in total. The van der Waals surface area contributed by atoms with Gasteiger partial charge in [0.15, 0.2) is 12.2 Å². The molecule has 0 radical (unpaired) electrons. The van der Waals surface area contributed by atoms with Gasteiger partial charge in [0.05, 0.1) is 25.4 Å². The zero-order valence-corrected chi connectivity index (χ0v) is 12.8. The van der Waals surface area contributed by atoms with Crippen LogP contribution in [0.4, 0.5) is 0 Å². The number of fused-ring (bicyclic) bond motifs is 1. The Hall–Kier alpha value is -2.39. The number of aliphatic hydroxyl groups excluding tert-OH is 1. The molecule has 0 saturated carbocycles. The molecular weight excluding hydrogens is 324 g/mol. The first-order valence-electron chi connectivity index (χ1n) is 7.28. The number of carboxylic acids is 1. The van der Waals surface area contributed by atoms with Crippen LogP contribution in [-0.2, 0) is 33.3 Å². The van der Waals surface area contributed by atoms with Crippen LogP contribution in [0.15, 0.2) is 24.5 Å². The Morgan fingerprint density at radius 3 is 2.12 bits per heavy atom. The van der Waals surface area contributed by atoms with Gasteiger partial charge in [0, 0.05) is 18.6 Å². The molecule has 0 amide bonds. The summed E-state index contributed by atoms with van der Waals surface area (Å²) in [6.07, 6.45) is -0.923. The van der Waals surface area contributed by atoms with Crippen molar-refractivity contribution in [1.29, 1.82) is 0 Å². The molecule has 2 saturated heterocycles. The minimum absolute atomic E-state index is 0.0123. The highest BCUT2D eigenvalue weighted by Gasteiger charge is 2.51. The summed E-state index contributed by atoms with van der Waals surface area (Å²) in [5.74, 6) is -2.71. The van der Waals surface area contributed by atoms with Crippen molar-refractivity contribution in [3.05, 3.63) is 24.5 Å². The van der Waals surface area contributed by atoms with Crippen LogP contribution in [0.25, 0.3) is 0 Å². The third kappa shape index (κ3) is 4.80. The highest BCUT2D eigenvalue weighted by molar-refractivity contribution is 5.90. The van der Waals surface area contributed by atoms with E-state index in [4.69, 9.17) is 29.2 Å². The van der Waals surface area contributed by atoms with Crippen LogP contribution in [0.3, 0.4) is 0 Å². The first kappa shape index (κ1) is 18.0. The SMILES string of the molecule is C=C(O)CCC(=O)O[C@H]1CO[C@H]2[C@@H]1OC[C@H]2OC(=O)/C=C\C(=O)O. The predicted octanol–water partition coefficient (Wildman–Crippen LogP) is 0.100. The number of ether oxygens (including phenoxy) is 4. The molecule has 4 atom stereocenters. The molecule has 0 aliphatic carbocycles. The average molecular weight is 342 g/mol. The maximum Gasteiger partial charge on any atom is 0.331 e. The van der Waals surface area contributed by atoms with E-state index in [-0.39, 0.29) is 31.8 Å². The van der Waals surface area contributed by atoms with Gasteiger partial charge in [0.1, 0.15) is 12.2 Å². The van der Waals surface area contributed by atoms with Gasteiger partial charge in [-0.2, -0.15) is 0 Å². The van der Waals surface area contributed by atoms with Gasteiger partial charge in [0.2, 0.25) is 0 Å². The summed E-state index contributed by atoms with van der Waals surface area (Å²) in [7, 11) is 0. The molecule has 0 aromatic carbocycles. The number of aliphatic carboxylic acids is 1. The zero-order chi connectivity index (χ0) is 17.7. The maximum absolute atomic E-state index is 11.7. The maximum atomic E-state index is 11.7. The van der Waals surface area contributed by atoms with Gasteiger partial charge in [-0.1, -0.05) is 6.58 Å². The Bertz CT molecular complexity index is 553. The molecule has 0 bridgehead atoms. The van der Waals surface area contributed by atoms with E-state index in [9.17, 15) is 14.4 Å². The second kappa shape index (κ2) is 7.93. The van der Waals surface area contributed by atoms with Crippen LogP contribution in [0, 0.1) is 0 Å². The number of hydrogen-bond acceptors (Lipinski definition) is 8. The van der Waals surface area contributed by atoms with E-state index in [1.165, 1.54) is 0 Å². The van der Waals surface area contributed by atoms with E-state index < -0.39 is 42.3 Å². The molecule has 0 aromatic rings. The Balaban J connectivity index is 1.83. The van der Waals surface area contributed by atoms with Gasteiger partial charge < -0.3 is 29.2 Å². The number of esters is 2. The van der Waals surface area contributed by atoms with Gasteiger partial charge in [0.25, 0.3) is 0 Å². The van der Waals surface area contributed by atoms with Gasteiger partial charge in [-0.25, -0.2) is 9.59 Å². The van der Waals surface area contributed by atoms with E-state index in [0.717, 1.165) is 6.08 Å². The second-order valence-electron chi connectivity index (χ2n) is 5.34. The molecule has 2 fully saturated rings. The fourth-order valence-corrected chi connectivity index (χ4v) is 2.43. The van der Waals surface area contributed by atoms with Gasteiger partial charge in [-0.05, 0) is 0 Å². The smallest absolute Gasteiger partial charge is 0.331 e. The van der Waals surface area contributed by atoms with Crippen molar-refractivity contribution in [2.45, 2.75) is 37.3 Å². The number of rotatable bonds is 7. The standard InChI is InChI=1S/C15H18O9/c1-8(16)2-4-12(19)23-9-6-21-15-10(7-22-14(9)15)24-13(20)5-3-11(17)18/h3,5,9-10,14-16H,1-2,4,6-7H2,(H,17,18)/b5-3-/t9-,10+,14+,15+/m0/s1. The van der Waals surface area contributed by atoms with Crippen molar-refractivity contribution >= 4 is 17.9 Å². The largest absolute Gasteiger partial charge is 0.513 e. The van der Waals surface area contributed by atoms with Gasteiger partial charge in [-0.15, -0.1) is 0 Å². The normalized spacial score (nSPS) is 28.5. The van der Waals surface area contributed by atoms with Crippen molar-refractivity contribution in [2.24, 2.45) is 0 Å². The number of carbonyl (C=O) groups excluding carboxylic acids is 2. The Kier molecular flexibility index (Phi) is 5.93. The number of carboxylic acid groups (broad SMARTS) is 1. The third-order valence-electron chi connectivity index (χ3n) is 3.49. The van der Waals surface area contributed by atoms with Crippen LogP contribution in [0.1, 0.15) is 12.8 Å². The van der Waals surface area contributed by atoms with E-state index in [2.05, 4.69) is 6.58 Å². The molecule has 2 aliphatic rings. The third-order valence-corrected chi connectivity index (χ3v) is 3.49. The summed E-state index contributed by atoms with van der Waals surface area (Å²) in [4.78, 5) is 33.5. The molecule has 9 heteroatoms. The first-order valence-corrected chi connectivity index (χ1v) is 7.28. The fourth-order valence-electron chi connectivity index (χ4n) is 2.43. The number of hydrogen-bond donors (Lipinski definition) is 2. The first-order chi connectivity index (χ1) is 11.4. The molecule has 0 aromatic heterocycles. The molecule has 2 rings (SSSR count). The average Bonchev–Trinajstić information content (AvgIpc) is 3.07. The molecule has 24 heavy (non-hydrogen) atoms. The van der Waals surface area contributed by atoms with Crippen molar-refractivity contribution in [2.75, 3.05) is 13.2 Å². The molecule has 0 spiro atoms. The lowest BCUT2D eigenvalue weighted by Gasteiger charge is -2.17. The van der Waals surface area contributed by atoms with Crippen LogP contribution in [0.2, 0.25) is 0 Å². The summed E-state index contributed by atoms with van der Waals surface area (Å²) in [6.45, 7) is 3.44. The minimum atomic E-state index is -1.26. The van der Waals surface area contributed by atoms with Gasteiger partial charge in [-0.3, -0.25) is 4.79 Å². The number of allylic oxidation sites excluding steroid dienone is 1. The topological polar surface area (TPSA) is 129 Å². The summed E-state index contributed by atoms with van der Waals surface area (Å²) in [5.41, 5.74) is 0. The summed E-state index contributed by atoms with van der Waals surface area (Å²) in [6, 6.07) is 0. The number of aliphatic hydroxyl groups is 1. The van der Waals surface area contributed by atoms with E-state index >= 15 is 0 Å². The van der Waals surface area contributed by atoms with Crippen molar-refractivity contribution < 1.29 is 43.5 Å². The zero-order valence-electron chi connectivity index (χ0n) is 12.8. The van der Waals surface area contributed by atoms with Crippen molar-refractivity contribution in [3.8, 4) is 0 Å². The van der Waals surface area contributed by atoms with Crippen LogP contribution < -0.4 is 0 Å². The van der Waals surface area contributed by atoms with Crippen molar-refractivity contribution in [1.82, 2.24) is 0 Å². The Morgan fingerprint density at radius 1 is 1.00 bits per heavy atom. The van der Waals surface area contributed by atoms with Crippen molar-refractivity contribution in [3.63, 3.8) is 0 Å². The molecule has 132 valence electrons.